The summed E-state index contributed by atoms with van der Waals surface area (Å²) in [6.45, 7) is 3.29. The largest absolute Gasteiger partial charge is 0.504 e. The molecule has 0 saturated heterocycles. The number of nitrogens with one attached hydrogen (secondary N) is 1. The first-order chi connectivity index (χ1) is 15.4. The Hall–Kier alpha value is -2.37. The monoisotopic (exact) mass is 455 g/mol. The number of pyridine rings is 1. The van der Waals surface area contributed by atoms with E-state index in [-0.39, 0.29) is 5.02 Å². The van der Waals surface area contributed by atoms with E-state index in [2.05, 4.69) is 36.2 Å². The number of hydrogen-bond donors (Lipinski definition) is 2. The van der Waals surface area contributed by atoms with E-state index in [1.165, 1.54) is 24.5 Å². The van der Waals surface area contributed by atoms with Gasteiger partial charge in [-0.05, 0) is 93.1 Å². The van der Waals surface area contributed by atoms with Crippen molar-refractivity contribution in [3.8, 4) is 16.9 Å². The molecular weight excluding hydrogens is 425 g/mol. The molecule has 1 aromatic heterocycles. The van der Waals surface area contributed by atoms with Crippen LogP contribution < -0.4 is 5.32 Å². The summed E-state index contributed by atoms with van der Waals surface area (Å²) in [4.78, 5) is 6.93. The van der Waals surface area contributed by atoms with Crippen LogP contribution in [0.2, 0.25) is 5.02 Å². The Kier molecular flexibility index (Phi) is 6.87. The van der Waals surface area contributed by atoms with E-state index < -0.39 is 11.6 Å². The van der Waals surface area contributed by atoms with Crippen molar-refractivity contribution in [2.75, 3.05) is 26.0 Å². The van der Waals surface area contributed by atoms with Crippen LogP contribution in [0, 0.1) is 11.7 Å². The van der Waals surface area contributed by atoms with Gasteiger partial charge in [0.05, 0.1) is 10.5 Å². The maximum atomic E-state index is 14.1. The van der Waals surface area contributed by atoms with Crippen molar-refractivity contribution < 1.29 is 9.50 Å². The standard InChI is InChI=1S/C26H31ClFN3O/c1-4-17-14-29-24-10-7-18(19-12-22(27)26(32)23(28)13-19)11-21(24)25(17)30-20-8-5-16(6-9-20)15-31(2)3/h7,10-14,16,20,32H,4-6,8-9,15H2,1-3H3,(H,29,30). The molecule has 2 aromatic carbocycles. The zero-order chi connectivity index (χ0) is 22.8. The summed E-state index contributed by atoms with van der Waals surface area (Å²) in [6, 6.07) is 9.27. The number of halogens is 2. The number of phenols is 1. The molecule has 1 heterocycles. The van der Waals surface area contributed by atoms with Crippen LogP contribution in [0.15, 0.2) is 36.5 Å². The van der Waals surface area contributed by atoms with Gasteiger partial charge in [0, 0.05) is 29.9 Å². The number of fused-ring (bicyclic) bond motifs is 1. The SMILES string of the molecule is CCc1cnc2ccc(-c3cc(F)c(O)c(Cl)c3)cc2c1NC1CCC(CN(C)C)CC1. The first-order valence-electron chi connectivity index (χ1n) is 11.4. The minimum Gasteiger partial charge on any atom is -0.504 e. The van der Waals surface area contributed by atoms with Gasteiger partial charge in [-0.15, -0.1) is 0 Å². The zero-order valence-corrected chi connectivity index (χ0v) is 19.7. The molecule has 170 valence electrons. The van der Waals surface area contributed by atoms with Crippen molar-refractivity contribution in [1.82, 2.24) is 9.88 Å². The first-order valence-corrected chi connectivity index (χ1v) is 11.7. The van der Waals surface area contributed by atoms with Gasteiger partial charge in [-0.1, -0.05) is 24.6 Å². The second-order valence-corrected chi connectivity index (χ2v) is 9.56. The number of hydrogen-bond acceptors (Lipinski definition) is 4. The van der Waals surface area contributed by atoms with E-state index >= 15 is 0 Å². The van der Waals surface area contributed by atoms with Crippen molar-refractivity contribution in [2.45, 2.75) is 45.1 Å². The van der Waals surface area contributed by atoms with Gasteiger partial charge < -0.3 is 15.3 Å². The molecule has 2 N–H and O–H groups in total. The van der Waals surface area contributed by atoms with E-state index in [0.717, 1.165) is 53.9 Å². The summed E-state index contributed by atoms with van der Waals surface area (Å²) in [7, 11) is 4.29. The molecule has 0 bridgehead atoms. The van der Waals surface area contributed by atoms with Crippen LogP contribution in [0.4, 0.5) is 10.1 Å². The normalized spacial score (nSPS) is 18.9. The van der Waals surface area contributed by atoms with Gasteiger partial charge in [-0.25, -0.2) is 4.39 Å². The van der Waals surface area contributed by atoms with Crippen LogP contribution in [-0.4, -0.2) is 41.7 Å². The number of rotatable bonds is 6. The molecule has 1 aliphatic carbocycles. The van der Waals surface area contributed by atoms with E-state index in [0.29, 0.717) is 11.6 Å². The quantitative estimate of drug-likeness (QED) is 0.445. The van der Waals surface area contributed by atoms with Crippen molar-refractivity contribution in [3.05, 3.63) is 52.9 Å². The summed E-state index contributed by atoms with van der Waals surface area (Å²) >= 11 is 6.02. The Bertz CT molecular complexity index is 1090. The third-order valence-corrected chi connectivity index (χ3v) is 6.78. The van der Waals surface area contributed by atoms with Crippen molar-refractivity contribution in [3.63, 3.8) is 0 Å². The number of aromatic nitrogens is 1. The molecule has 3 aromatic rings. The van der Waals surface area contributed by atoms with Crippen LogP contribution >= 0.6 is 11.6 Å². The van der Waals surface area contributed by atoms with E-state index in [1.54, 1.807) is 6.07 Å². The lowest BCUT2D eigenvalue weighted by Gasteiger charge is -2.32. The summed E-state index contributed by atoms with van der Waals surface area (Å²) in [5.41, 5.74) is 4.68. The molecule has 4 rings (SSSR count). The van der Waals surface area contributed by atoms with Crippen LogP contribution in [0.25, 0.3) is 22.0 Å². The minimum absolute atomic E-state index is 0.00774. The molecule has 0 aliphatic heterocycles. The number of aromatic hydroxyl groups is 1. The Morgan fingerprint density at radius 1 is 1.12 bits per heavy atom. The number of aryl methyl sites for hydroxylation is 1. The fourth-order valence-electron chi connectivity index (χ4n) is 4.79. The van der Waals surface area contributed by atoms with E-state index in [1.807, 2.05) is 24.4 Å². The summed E-state index contributed by atoms with van der Waals surface area (Å²) < 4.78 is 14.1. The first kappa shape index (κ1) is 22.8. The predicted octanol–water partition coefficient (Wildman–Crippen LogP) is 6.49. The highest BCUT2D eigenvalue weighted by Gasteiger charge is 2.23. The molecule has 0 radical (unpaired) electrons. The molecule has 0 spiro atoms. The molecule has 32 heavy (non-hydrogen) atoms. The molecule has 0 atom stereocenters. The molecule has 1 aliphatic rings. The third kappa shape index (κ3) is 4.84. The lowest BCUT2D eigenvalue weighted by Crippen LogP contribution is -2.31. The topological polar surface area (TPSA) is 48.4 Å². The molecule has 6 heteroatoms. The Morgan fingerprint density at radius 3 is 2.53 bits per heavy atom. The van der Waals surface area contributed by atoms with Gasteiger partial charge in [0.2, 0.25) is 0 Å². The summed E-state index contributed by atoms with van der Waals surface area (Å²) in [5.74, 6) is -0.470. The van der Waals surface area contributed by atoms with Crippen LogP contribution in [-0.2, 0) is 6.42 Å². The van der Waals surface area contributed by atoms with E-state index in [4.69, 9.17) is 11.6 Å². The van der Waals surface area contributed by atoms with E-state index in [9.17, 15) is 9.50 Å². The van der Waals surface area contributed by atoms with Crippen LogP contribution in [0.5, 0.6) is 5.75 Å². The van der Waals surface area contributed by atoms with Crippen LogP contribution in [0.3, 0.4) is 0 Å². The van der Waals surface area contributed by atoms with Crippen molar-refractivity contribution in [2.24, 2.45) is 5.92 Å². The summed E-state index contributed by atoms with van der Waals surface area (Å²) in [6.07, 6.45) is 7.62. The fraction of sp³-hybridized carbons (Fsp3) is 0.423. The van der Waals surface area contributed by atoms with Gasteiger partial charge in [0.25, 0.3) is 0 Å². The molecule has 1 fully saturated rings. The van der Waals surface area contributed by atoms with Gasteiger partial charge >= 0.3 is 0 Å². The van der Waals surface area contributed by atoms with Gasteiger partial charge in [0.1, 0.15) is 0 Å². The Labute approximate surface area is 194 Å². The average Bonchev–Trinajstić information content (AvgIpc) is 2.78. The Morgan fingerprint density at radius 2 is 1.88 bits per heavy atom. The third-order valence-electron chi connectivity index (χ3n) is 6.50. The minimum atomic E-state index is -0.721. The molecule has 1 saturated carbocycles. The van der Waals surface area contributed by atoms with Crippen molar-refractivity contribution in [1.29, 1.82) is 0 Å². The maximum Gasteiger partial charge on any atom is 0.170 e. The molecule has 0 unspecified atom stereocenters. The average molecular weight is 456 g/mol. The number of nitrogens with zero attached hydrogens (tertiary/aromatic N) is 2. The number of benzene rings is 2. The smallest absolute Gasteiger partial charge is 0.170 e. The lowest BCUT2D eigenvalue weighted by molar-refractivity contribution is 0.255. The highest BCUT2D eigenvalue weighted by Crippen LogP contribution is 2.36. The predicted molar refractivity (Wildman–Crippen MR) is 131 cm³/mol. The highest BCUT2D eigenvalue weighted by molar-refractivity contribution is 6.32. The zero-order valence-electron chi connectivity index (χ0n) is 19.0. The fourth-order valence-corrected chi connectivity index (χ4v) is 5.00. The number of phenolic OH excluding ortho intramolecular Hbond substituents is 1. The maximum absolute atomic E-state index is 14.1. The second-order valence-electron chi connectivity index (χ2n) is 9.16. The molecule has 4 nitrogen and oxygen atoms in total. The second kappa shape index (κ2) is 9.63. The Balaban J connectivity index is 1.66. The number of anilines is 1. The van der Waals surface area contributed by atoms with Gasteiger partial charge in [0.15, 0.2) is 11.6 Å². The van der Waals surface area contributed by atoms with Gasteiger partial charge in [-0.3, -0.25) is 4.98 Å². The lowest BCUT2D eigenvalue weighted by atomic mass is 9.85. The molecule has 0 amide bonds. The molecular formula is C26H31ClFN3O. The van der Waals surface area contributed by atoms with Gasteiger partial charge in [-0.2, -0.15) is 0 Å². The van der Waals surface area contributed by atoms with Crippen LogP contribution in [0.1, 0.15) is 38.2 Å². The van der Waals surface area contributed by atoms with Crippen molar-refractivity contribution >= 4 is 28.2 Å². The summed E-state index contributed by atoms with van der Waals surface area (Å²) in [5, 5.41) is 14.6. The highest BCUT2D eigenvalue weighted by atomic mass is 35.5.